The van der Waals surface area contributed by atoms with Crippen LogP contribution in [0.3, 0.4) is 0 Å². The van der Waals surface area contributed by atoms with Crippen LogP contribution in [0, 0.1) is 5.41 Å². The molecule has 0 saturated heterocycles. The maximum absolute atomic E-state index is 13.8. The first-order chi connectivity index (χ1) is 20.8. The highest BCUT2D eigenvalue weighted by Gasteiger charge is 2.69. The van der Waals surface area contributed by atoms with Gasteiger partial charge in [-0.25, -0.2) is 0 Å². The van der Waals surface area contributed by atoms with Crippen molar-refractivity contribution in [3.8, 4) is 0 Å². The van der Waals surface area contributed by atoms with E-state index < -0.39 is 34.9 Å². The Hall–Kier alpha value is -3.17. The molecule has 0 unspecified atom stereocenters. The molecule has 1 fully saturated rings. The zero-order valence-electron chi connectivity index (χ0n) is 25.2. The summed E-state index contributed by atoms with van der Waals surface area (Å²) in [5.74, 6) is -0.127. The molecule has 43 heavy (non-hydrogen) atoms. The van der Waals surface area contributed by atoms with Crippen LogP contribution in [0.4, 0.5) is 0 Å². The van der Waals surface area contributed by atoms with Gasteiger partial charge in [-0.1, -0.05) is 117 Å². The maximum atomic E-state index is 13.8. The molecule has 5 atom stereocenters. The lowest BCUT2D eigenvalue weighted by atomic mass is 9.51. The van der Waals surface area contributed by atoms with Gasteiger partial charge in [0.25, 0.3) is 0 Å². The maximum Gasteiger partial charge on any atom is 0.147 e. The van der Waals surface area contributed by atoms with E-state index in [1.807, 2.05) is 117 Å². The lowest BCUT2D eigenvalue weighted by Crippen LogP contribution is -2.74. The molecule has 0 aromatic heterocycles. The number of ketones is 1. The normalized spacial score (nSPS) is 29.0. The summed E-state index contributed by atoms with van der Waals surface area (Å²) in [6.45, 7) is 4.65. The predicted molar refractivity (Wildman–Crippen MR) is 163 cm³/mol. The summed E-state index contributed by atoms with van der Waals surface area (Å²) < 4.78 is 31.4. The number of Topliss-reactive ketones (excluding diaryl/α,β-unsaturated/α-hetero) is 1. The summed E-state index contributed by atoms with van der Waals surface area (Å²) in [4.78, 5) is 13.8. The van der Waals surface area contributed by atoms with Crippen molar-refractivity contribution in [3.63, 3.8) is 0 Å². The van der Waals surface area contributed by atoms with Gasteiger partial charge in [0.1, 0.15) is 42.1 Å². The van der Waals surface area contributed by atoms with Crippen molar-refractivity contribution in [2.24, 2.45) is 5.41 Å². The topological polar surface area (TPSA) is 83.5 Å². The van der Waals surface area contributed by atoms with Gasteiger partial charge in [-0.15, -0.1) is 0 Å². The van der Waals surface area contributed by atoms with Crippen LogP contribution >= 0.6 is 0 Å². The summed E-state index contributed by atoms with van der Waals surface area (Å²) in [5, 5.41) is 12.8. The van der Waals surface area contributed by atoms with Crippen molar-refractivity contribution in [1.29, 1.82) is 0 Å². The van der Waals surface area contributed by atoms with Gasteiger partial charge < -0.3 is 28.8 Å². The van der Waals surface area contributed by atoms with Gasteiger partial charge in [0.2, 0.25) is 0 Å². The molecular formula is C36H42O7. The third-order valence-electron chi connectivity index (χ3n) is 9.03. The lowest BCUT2D eigenvalue weighted by molar-refractivity contribution is -0.301. The molecule has 5 rings (SSSR count). The average molecular weight is 587 g/mol. The van der Waals surface area contributed by atoms with E-state index in [-0.39, 0.29) is 38.6 Å². The monoisotopic (exact) mass is 586 g/mol. The van der Waals surface area contributed by atoms with Crippen molar-refractivity contribution >= 4 is 5.78 Å². The Kier molecular flexibility index (Phi) is 9.92. The van der Waals surface area contributed by atoms with E-state index in [9.17, 15) is 9.90 Å². The standard InChI is InChI=1S/C36H42O7/c1-34(2)35(38)21-30(37)22-36(34,43-25-29-17-11-6-12-18-29)32(40-23-27-13-7-4-8-14-27)20-19-31(42-26-39-3)33(35)41-24-28-15-9-5-10-16-28/h4-20,31-33,38H,21-26H2,1-3H3/b20-19-/t31-,32+,33+,35+,36-/m1/s1. The van der Waals surface area contributed by atoms with Crippen LogP contribution < -0.4 is 0 Å². The Morgan fingerprint density at radius 1 is 0.721 bits per heavy atom. The number of hydrogen-bond donors (Lipinski definition) is 1. The van der Waals surface area contributed by atoms with E-state index in [0.29, 0.717) is 6.61 Å². The number of carbonyl (C=O) groups excluding carboxylic acids is 1. The molecule has 7 heteroatoms. The number of rotatable bonds is 12. The van der Waals surface area contributed by atoms with Gasteiger partial charge in [-0.3, -0.25) is 4.79 Å². The minimum Gasteiger partial charge on any atom is -0.386 e. The number of hydrogen-bond acceptors (Lipinski definition) is 7. The minimum atomic E-state index is -1.68. The largest absolute Gasteiger partial charge is 0.386 e. The van der Waals surface area contributed by atoms with E-state index in [0.717, 1.165) is 16.7 Å². The molecule has 1 saturated carbocycles. The second kappa shape index (κ2) is 13.6. The van der Waals surface area contributed by atoms with Crippen LogP contribution in [-0.2, 0) is 48.3 Å². The first kappa shape index (κ1) is 31.3. The van der Waals surface area contributed by atoms with Crippen LogP contribution in [0.5, 0.6) is 0 Å². The average Bonchev–Trinajstić information content (AvgIpc) is 3.02. The fraction of sp³-hybridized carbons (Fsp3) is 0.417. The van der Waals surface area contributed by atoms with Crippen molar-refractivity contribution in [3.05, 3.63) is 120 Å². The quantitative estimate of drug-likeness (QED) is 0.212. The molecule has 0 amide bonds. The van der Waals surface area contributed by atoms with Gasteiger partial charge in [0.05, 0.1) is 19.8 Å². The summed E-state index contributed by atoms with van der Waals surface area (Å²) in [6.07, 6.45) is 1.41. The fourth-order valence-corrected chi connectivity index (χ4v) is 6.45. The lowest BCUT2D eigenvalue weighted by Gasteiger charge is -2.62. The molecule has 3 aromatic carbocycles. The fourth-order valence-electron chi connectivity index (χ4n) is 6.45. The third-order valence-corrected chi connectivity index (χ3v) is 9.03. The molecule has 7 nitrogen and oxygen atoms in total. The highest BCUT2D eigenvalue weighted by atomic mass is 16.7. The van der Waals surface area contributed by atoms with E-state index in [2.05, 4.69) is 0 Å². The van der Waals surface area contributed by atoms with Crippen LogP contribution in [0.25, 0.3) is 0 Å². The van der Waals surface area contributed by atoms with Crippen molar-refractivity contribution in [2.45, 2.75) is 76.0 Å². The van der Waals surface area contributed by atoms with E-state index in [1.165, 1.54) is 0 Å². The molecule has 2 aliphatic carbocycles. The highest BCUT2D eigenvalue weighted by molar-refractivity contribution is 5.83. The summed E-state index contributed by atoms with van der Waals surface area (Å²) in [7, 11) is 1.55. The summed E-state index contributed by atoms with van der Waals surface area (Å²) >= 11 is 0. The summed E-state index contributed by atoms with van der Waals surface area (Å²) in [6, 6.07) is 29.5. The van der Waals surface area contributed by atoms with E-state index >= 15 is 0 Å². The second-order valence-corrected chi connectivity index (χ2v) is 12.0. The van der Waals surface area contributed by atoms with Gasteiger partial charge in [-0.2, -0.15) is 0 Å². The zero-order chi connectivity index (χ0) is 30.3. The Bertz CT molecular complexity index is 1340. The Morgan fingerprint density at radius 2 is 1.26 bits per heavy atom. The number of benzene rings is 3. The molecular weight excluding hydrogens is 544 g/mol. The smallest absolute Gasteiger partial charge is 0.147 e. The molecule has 2 aliphatic rings. The molecule has 3 aromatic rings. The van der Waals surface area contributed by atoms with E-state index in [4.69, 9.17) is 23.7 Å². The van der Waals surface area contributed by atoms with Crippen molar-refractivity contribution < 1.29 is 33.6 Å². The van der Waals surface area contributed by atoms with Crippen LogP contribution in [0.1, 0.15) is 43.4 Å². The Balaban J connectivity index is 1.59. The van der Waals surface area contributed by atoms with Gasteiger partial charge in [0.15, 0.2) is 0 Å². The number of ether oxygens (including phenoxy) is 5. The van der Waals surface area contributed by atoms with Crippen molar-refractivity contribution in [1.82, 2.24) is 0 Å². The second-order valence-electron chi connectivity index (χ2n) is 12.0. The third kappa shape index (κ3) is 6.53. The van der Waals surface area contributed by atoms with Gasteiger partial charge >= 0.3 is 0 Å². The molecule has 2 bridgehead atoms. The molecule has 0 heterocycles. The van der Waals surface area contributed by atoms with Crippen LogP contribution in [0.15, 0.2) is 103 Å². The van der Waals surface area contributed by atoms with Crippen LogP contribution in [0.2, 0.25) is 0 Å². The van der Waals surface area contributed by atoms with Crippen molar-refractivity contribution in [2.75, 3.05) is 13.9 Å². The first-order valence-electron chi connectivity index (χ1n) is 14.8. The zero-order valence-corrected chi connectivity index (χ0v) is 25.2. The Morgan fingerprint density at radius 3 is 1.81 bits per heavy atom. The SMILES string of the molecule is COCO[C@@H]1/C=C\[C@H](OCc2ccccc2)[C@]2(OCc3ccccc3)CC(=O)C[C@](O)([C@H]1OCc1ccccc1)C2(C)C. The number of fused-ring (bicyclic) bond motifs is 2. The molecule has 0 aliphatic heterocycles. The van der Waals surface area contributed by atoms with Crippen LogP contribution in [-0.4, -0.2) is 54.3 Å². The molecule has 0 radical (unpaired) electrons. The minimum absolute atomic E-state index is 0.0180. The Labute approximate surface area is 254 Å². The number of aliphatic hydroxyl groups is 1. The molecule has 228 valence electrons. The number of methoxy groups -OCH3 is 1. The first-order valence-corrected chi connectivity index (χ1v) is 14.8. The number of carbonyl (C=O) groups is 1. The molecule has 1 N–H and O–H groups in total. The van der Waals surface area contributed by atoms with Gasteiger partial charge in [0, 0.05) is 25.4 Å². The van der Waals surface area contributed by atoms with E-state index in [1.54, 1.807) is 7.11 Å². The predicted octanol–water partition coefficient (Wildman–Crippen LogP) is 5.79. The van der Waals surface area contributed by atoms with Gasteiger partial charge in [-0.05, 0) is 16.7 Å². The summed E-state index contributed by atoms with van der Waals surface area (Å²) in [5.41, 5.74) is -1.05. The molecule has 0 spiro atoms. The highest BCUT2D eigenvalue weighted by Crippen LogP contribution is 2.57.